The van der Waals surface area contributed by atoms with Crippen LogP contribution in [0.3, 0.4) is 0 Å². The van der Waals surface area contributed by atoms with Gasteiger partial charge in [0.1, 0.15) is 11.4 Å². The Morgan fingerprint density at radius 3 is 1.95 bits per heavy atom. The summed E-state index contributed by atoms with van der Waals surface area (Å²) in [4.78, 5) is 66.1. The molecule has 1 N–H and O–H groups in total. The van der Waals surface area contributed by atoms with Crippen molar-refractivity contribution in [3.05, 3.63) is 148 Å². The van der Waals surface area contributed by atoms with Crippen LogP contribution in [0.25, 0.3) is 10.8 Å². The number of benzene rings is 5. The third-order valence-electron chi connectivity index (χ3n) is 11.9. The maximum atomic E-state index is 15.4. The minimum atomic E-state index is -2.81. The Morgan fingerprint density at radius 1 is 0.672 bits per heavy atom. The number of fused-ring (bicyclic) bond motifs is 5. The number of rotatable bonds is 5. The van der Waals surface area contributed by atoms with E-state index in [9.17, 15) is 42.3 Å². The van der Waals surface area contributed by atoms with Crippen LogP contribution in [-0.4, -0.2) is 44.3 Å². The van der Waals surface area contributed by atoms with Gasteiger partial charge in [0, 0.05) is 22.6 Å². The van der Waals surface area contributed by atoms with Gasteiger partial charge in [0.25, 0.3) is 11.8 Å². The monoisotopic (exact) mass is 830 g/mol. The number of ketones is 1. The van der Waals surface area contributed by atoms with E-state index in [0.717, 1.165) is 4.90 Å². The number of aromatic hydroxyl groups is 1. The van der Waals surface area contributed by atoms with Crippen LogP contribution in [0.1, 0.15) is 40.2 Å². The number of halogens is 7. The van der Waals surface area contributed by atoms with Crippen molar-refractivity contribution in [2.75, 3.05) is 9.80 Å². The molecule has 5 aromatic rings. The van der Waals surface area contributed by atoms with E-state index in [0.29, 0.717) is 16.3 Å². The predicted octanol–water partition coefficient (Wildman–Crippen LogP) is 8.24. The minimum Gasteiger partial charge on any atom is -0.508 e. The number of carbonyl (C=O) groups is 5. The summed E-state index contributed by atoms with van der Waals surface area (Å²) in [6.07, 6.45) is 0.740. The maximum absolute atomic E-state index is 15.4. The van der Waals surface area contributed by atoms with Crippen molar-refractivity contribution in [3.8, 4) is 5.75 Å². The molecule has 0 radical (unpaired) electrons. The average molecular weight is 832 g/mol. The van der Waals surface area contributed by atoms with Gasteiger partial charge in [-0.3, -0.25) is 28.9 Å². The molecule has 2 saturated heterocycles. The SMILES string of the molecule is O=C(c1ccccc1)c1ccc(N2C(=O)[C@H]3[C@H](CC=C4[C@H]3C[C@@]3(Cl)C(=O)N(c5c(F)c(F)c(F)c(F)c5F)C(=O)[C@@]3(Cl)[C@H]4c3c(O)ccc4ccccc34)C2=O)cc1. The predicted molar refractivity (Wildman–Crippen MR) is 201 cm³/mol. The lowest BCUT2D eigenvalue weighted by Gasteiger charge is -2.51. The fourth-order valence-corrected chi connectivity index (χ4v) is 10.2. The molecular weight excluding hydrogens is 806 g/mol. The molecule has 2 heterocycles. The number of hydrogen-bond donors (Lipinski definition) is 1. The largest absolute Gasteiger partial charge is 0.508 e. The normalized spacial score (nSPS) is 26.5. The van der Waals surface area contributed by atoms with Crippen molar-refractivity contribution >= 4 is 74.8 Å². The summed E-state index contributed by atoms with van der Waals surface area (Å²) < 4.78 is 74.3. The molecule has 15 heteroatoms. The minimum absolute atomic E-state index is 0.0692. The van der Waals surface area contributed by atoms with Crippen molar-refractivity contribution in [2.45, 2.75) is 28.5 Å². The lowest BCUT2D eigenvalue weighted by Crippen LogP contribution is -2.60. The zero-order chi connectivity index (χ0) is 41.2. The Labute approximate surface area is 335 Å². The van der Waals surface area contributed by atoms with E-state index in [1.54, 1.807) is 66.7 Å². The highest BCUT2D eigenvalue weighted by Gasteiger charge is 2.77. The van der Waals surface area contributed by atoms with E-state index in [1.807, 2.05) is 0 Å². The van der Waals surface area contributed by atoms with Gasteiger partial charge in [0.15, 0.2) is 38.8 Å². The van der Waals surface area contributed by atoms with Crippen molar-refractivity contribution in [1.82, 2.24) is 0 Å². The van der Waals surface area contributed by atoms with Crippen LogP contribution in [0.2, 0.25) is 0 Å². The number of alkyl halides is 2. The number of hydrogen-bond acceptors (Lipinski definition) is 6. The van der Waals surface area contributed by atoms with Gasteiger partial charge in [-0.05, 0) is 59.9 Å². The van der Waals surface area contributed by atoms with E-state index < -0.39 is 104 Å². The van der Waals surface area contributed by atoms with Gasteiger partial charge >= 0.3 is 0 Å². The van der Waals surface area contributed by atoms with E-state index in [1.165, 1.54) is 30.3 Å². The first-order chi connectivity index (χ1) is 27.6. The van der Waals surface area contributed by atoms with Crippen LogP contribution < -0.4 is 9.80 Å². The number of amides is 4. The summed E-state index contributed by atoms with van der Waals surface area (Å²) >= 11 is 14.5. The average Bonchev–Trinajstić information content (AvgIpc) is 3.57. The van der Waals surface area contributed by atoms with Crippen LogP contribution in [0, 0.1) is 46.8 Å². The summed E-state index contributed by atoms with van der Waals surface area (Å²) in [6, 6.07) is 23.6. The fraction of sp³-hybridized carbons (Fsp3) is 0.186. The molecule has 0 bridgehead atoms. The Morgan fingerprint density at radius 2 is 1.28 bits per heavy atom. The molecule has 4 aliphatic rings. The Hall–Kier alpha value is -5.92. The smallest absolute Gasteiger partial charge is 0.258 e. The molecule has 2 aliphatic carbocycles. The standard InChI is InChI=1S/C43H25Cl2F5N2O6/c44-42-18-26-24(15-16-25-28(26)39(56)51(38(25)55)22-13-10-21(11-14-22)37(54)20-7-2-1-3-8-20)30(29-23-9-5-4-6-19(23)12-17-27(29)53)43(42,45)41(58)52(40(42)57)36-34(49)32(47)31(46)33(48)35(36)50/h1-15,17,25-26,28,30,53H,16,18H2/t25-,26+,28-,30+,42+,43-/m0/s1. The van der Waals surface area contributed by atoms with Gasteiger partial charge in [-0.15, -0.1) is 23.2 Å². The van der Waals surface area contributed by atoms with Crippen molar-refractivity contribution < 1.29 is 51.0 Å². The van der Waals surface area contributed by atoms with Crippen LogP contribution in [-0.2, 0) is 19.2 Å². The van der Waals surface area contributed by atoms with E-state index in [4.69, 9.17) is 23.2 Å². The maximum Gasteiger partial charge on any atom is 0.258 e. The van der Waals surface area contributed by atoms with Crippen molar-refractivity contribution in [3.63, 3.8) is 0 Å². The highest BCUT2D eigenvalue weighted by molar-refractivity contribution is 6.58. The number of imide groups is 2. The molecule has 5 aromatic carbocycles. The zero-order valence-corrected chi connectivity index (χ0v) is 31.0. The number of phenols is 1. The second kappa shape index (κ2) is 13.0. The van der Waals surface area contributed by atoms with Gasteiger partial charge in [-0.1, -0.05) is 72.3 Å². The topological polar surface area (TPSA) is 112 Å². The van der Waals surface area contributed by atoms with Crippen LogP contribution in [0.15, 0.2) is 103 Å². The van der Waals surface area contributed by atoms with Gasteiger partial charge in [-0.2, -0.15) is 0 Å². The molecule has 1 saturated carbocycles. The first-order valence-electron chi connectivity index (χ1n) is 17.9. The second-order valence-electron chi connectivity index (χ2n) is 14.7. The van der Waals surface area contributed by atoms with Crippen molar-refractivity contribution in [2.24, 2.45) is 17.8 Å². The van der Waals surface area contributed by atoms with E-state index in [2.05, 4.69) is 0 Å². The van der Waals surface area contributed by atoms with Gasteiger partial charge in [0.05, 0.1) is 17.5 Å². The third-order valence-corrected chi connectivity index (χ3v) is 13.3. The molecule has 4 amide bonds. The van der Waals surface area contributed by atoms with Crippen LogP contribution >= 0.6 is 23.2 Å². The fourth-order valence-electron chi connectivity index (χ4n) is 9.24. The second-order valence-corrected chi connectivity index (χ2v) is 15.9. The lowest BCUT2D eigenvalue weighted by molar-refractivity contribution is -0.125. The molecular formula is C43H25Cl2F5N2O6. The summed E-state index contributed by atoms with van der Waals surface area (Å²) in [5.41, 5.74) is -0.950. The van der Waals surface area contributed by atoms with Gasteiger partial charge in [0.2, 0.25) is 17.6 Å². The summed E-state index contributed by atoms with van der Waals surface area (Å²) in [6.45, 7) is 0. The number of allylic oxidation sites excluding steroid dienone is 2. The molecule has 0 aromatic heterocycles. The first kappa shape index (κ1) is 37.6. The molecule has 3 fully saturated rings. The molecule has 2 aliphatic heterocycles. The zero-order valence-electron chi connectivity index (χ0n) is 29.5. The summed E-state index contributed by atoms with van der Waals surface area (Å²) in [5, 5.41) is 12.4. The molecule has 292 valence electrons. The third kappa shape index (κ3) is 4.89. The number of anilines is 2. The van der Waals surface area contributed by atoms with Crippen LogP contribution in [0.5, 0.6) is 5.75 Å². The van der Waals surface area contributed by atoms with Crippen molar-refractivity contribution in [1.29, 1.82) is 0 Å². The molecule has 6 atom stereocenters. The molecule has 0 unspecified atom stereocenters. The quantitative estimate of drug-likeness (QED) is 0.0364. The van der Waals surface area contributed by atoms with Gasteiger partial charge < -0.3 is 5.11 Å². The Balaban J connectivity index is 1.19. The number of carbonyl (C=O) groups excluding carboxylic acids is 5. The highest BCUT2D eigenvalue weighted by Crippen LogP contribution is 2.67. The van der Waals surface area contributed by atoms with E-state index in [-0.39, 0.29) is 39.5 Å². The summed E-state index contributed by atoms with van der Waals surface area (Å²) in [5.74, 6) is -23.0. The molecule has 58 heavy (non-hydrogen) atoms. The highest BCUT2D eigenvalue weighted by atomic mass is 35.5. The molecule has 0 spiro atoms. The molecule has 8 nitrogen and oxygen atoms in total. The Kier molecular flexibility index (Phi) is 8.47. The van der Waals surface area contributed by atoms with Crippen LogP contribution in [0.4, 0.5) is 33.3 Å². The lowest BCUT2D eigenvalue weighted by atomic mass is 9.56. The first-order valence-corrected chi connectivity index (χ1v) is 18.7. The Bertz CT molecular complexity index is 2700. The summed E-state index contributed by atoms with van der Waals surface area (Å²) in [7, 11) is 0. The van der Waals surface area contributed by atoms with E-state index >= 15 is 8.78 Å². The van der Waals surface area contributed by atoms with Gasteiger partial charge in [-0.25, -0.2) is 26.9 Å². The number of nitrogens with zero attached hydrogens (tertiary/aromatic N) is 2. The number of phenolic OH excluding ortho intramolecular Hbond substituents is 1. The molecule has 9 rings (SSSR count).